The van der Waals surface area contributed by atoms with Gasteiger partial charge in [-0.1, -0.05) is 31.2 Å². The number of carbonyl (C=O) groups excluding carboxylic acids is 1. The van der Waals surface area contributed by atoms with E-state index in [4.69, 9.17) is 0 Å². The fraction of sp³-hybridized carbons (Fsp3) is 0.533. The monoisotopic (exact) mass is 246 g/mol. The van der Waals surface area contributed by atoms with Gasteiger partial charge < -0.3 is 10.6 Å². The first-order chi connectivity index (χ1) is 8.81. The smallest absolute Gasteiger partial charge is 0.224 e. The molecule has 0 bridgehead atoms. The van der Waals surface area contributed by atoms with Gasteiger partial charge in [0.1, 0.15) is 0 Å². The molecule has 0 spiro atoms. The Bertz CT molecular complexity index is 397. The molecular formula is C15H22N2O. The van der Waals surface area contributed by atoms with Crippen molar-refractivity contribution >= 4 is 5.91 Å². The van der Waals surface area contributed by atoms with Gasteiger partial charge in [-0.05, 0) is 36.9 Å². The van der Waals surface area contributed by atoms with Gasteiger partial charge in [-0.15, -0.1) is 0 Å². The maximum absolute atomic E-state index is 12.0. The third-order valence-electron chi connectivity index (χ3n) is 3.62. The summed E-state index contributed by atoms with van der Waals surface area (Å²) in [6.45, 7) is 4.66. The van der Waals surface area contributed by atoms with Crippen LogP contribution in [-0.4, -0.2) is 19.0 Å². The van der Waals surface area contributed by atoms with Crippen LogP contribution in [0.3, 0.4) is 0 Å². The first-order valence-electron chi connectivity index (χ1n) is 6.86. The van der Waals surface area contributed by atoms with Crippen molar-refractivity contribution in [2.45, 2.75) is 32.7 Å². The van der Waals surface area contributed by atoms with E-state index in [-0.39, 0.29) is 11.8 Å². The minimum atomic E-state index is 0.146. The molecule has 1 aromatic rings. The lowest BCUT2D eigenvalue weighted by atomic mass is 9.98. The zero-order valence-corrected chi connectivity index (χ0v) is 11.0. The number of nitrogens with one attached hydrogen (secondary N) is 2. The van der Waals surface area contributed by atoms with Crippen molar-refractivity contribution in [1.82, 2.24) is 10.6 Å². The summed E-state index contributed by atoms with van der Waals surface area (Å²) in [6.07, 6.45) is 3.12. The van der Waals surface area contributed by atoms with Crippen LogP contribution in [0.1, 0.15) is 30.9 Å². The van der Waals surface area contributed by atoms with Gasteiger partial charge in [0.2, 0.25) is 5.91 Å². The Morgan fingerprint density at radius 3 is 2.83 bits per heavy atom. The molecular weight excluding hydrogens is 224 g/mol. The van der Waals surface area contributed by atoms with Crippen molar-refractivity contribution in [3.05, 3.63) is 35.4 Å². The predicted molar refractivity (Wildman–Crippen MR) is 73.3 cm³/mol. The molecule has 0 aliphatic carbocycles. The summed E-state index contributed by atoms with van der Waals surface area (Å²) in [4.78, 5) is 12.0. The Morgan fingerprint density at radius 1 is 1.39 bits per heavy atom. The molecule has 0 aromatic heterocycles. The molecule has 1 aromatic carbocycles. The lowest BCUT2D eigenvalue weighted by molar-refractivity contribution is -0.125. The van der Waals surface area contributed by atoms with Gasteiger partial charge in [-0.3, -0.25) is 4.79 Å². The molecule has 2 N–H and O–H groups in total. The highest BCUT2D eigenvalue weighted by molar-refractivity contribution is 5.79. The van der Waals surface area contributed by atoms with E-state index >= 15 is 0 Å². The fourth-order valence-corrected chi connectivity index (χ4v) is 2.48. The number of rotatable bonds is 4. The number of hydrogen-bond donors (Lipinski definition) is 2. The number of hydrogen-bond acceptors (Lipinski definition) is 2. The van der Waals surface area contributed by atoms with E-state index in [9.17, 15) is 4.79 Å². The molecule has 0 unspecified atom stereocenters. The maximum atomic E-state index is 12.0. The molecule has 1 aliphatic heterocycles. The summed E-state index contributed by atoms with van der Waals surface area (Å²) >= 11 is 0. The molecule has 1 fully saturated rings. The summed E-state index contributed by atoms with van der Waals surface area (Å²) < 4.78 is 0. The molecule has 1 heterocycles. The van der Waals surface area contributed by atoms with E-state index in [1.165, 1.54) is 11.1 Å². The highest BCUT2D eigenvalue weighted by Crippen LogP contribution is 2.12. The van der Waals surface area contributed by atoms with E-state index < -0.39 is 0 Å². The van der Waals surface area contributed by atoms with Crippen molar-refractivity contribution in [2.75, 3.05) is 13.1 Å². The average Bonchev–Trinajstić information content (AvgIpc) is 2.46. The molecule has 18 heavy (non-hydrogen) atoms. The molecule has 1 atom stereocenters. The molecule has 1 amide bonds. The van der Waals surface area contributed by atoms with Gasteiger partial charge in [-0.2, -0.15) is 0 Å². The van der Waals surface area contributed by atoms with Crippen LogP contribution in [-0.2, 0) is 17.8 Å². The molecule has 1 saturated heterocycles. The average molecular weight is 246 g/mol. The van der Waals surface area contributed by atoms with Crippen molar-refractivity contribution in [2.24, 2.45) is 5.92 Å². The lowest BCUT2D eigenvalue weighted by Gasteiger charge is -2.22. The second-order valence-corrected chi connectivity index (χ2v) is 4.88. The molecule has 0 radical (unpaired) electrons. The standard InChI is InChI=1S/C15H22N2O/c1-2-12-6-3-4-7-13(12)11-17-15(18)14-8-5-9-16-10-14/h3-4,6-7,14,16H,2,5,8-11H2,1H3,(H,17,18)/t14-/m0/s1. The van der Waals surface area contributed by atoms with Gasteiger partial charge in [0, 0.05) is 13.1 Å². The molecule has 2 rings (SSSR count). The van der Waals surface area contributed by atoms with Gasteiger partial charge in [0.15, 0.2) is 0 Å². The van der Waals surface area contributed by atoms with E-state index in [1.54, 1.807) is 0 Å². The number of piperidine rings is 1. The summed E-state index contributed by atoms with van der Waals surface area (Å²) in [7, 11) is 0. The topological polar surface area (TPSA) is 41.1 Å². The third kappa shape index (κ3) is 3.33. The minimum Gasteiger partial charge on any atom is -0.352 e. The summed E-state index contributed by atoms with van der Waals surface area (Å²) in [5, 5.41) is 6.34. The van der Waals surface area contributed by atoms with Crippen LogP contribution < -0.4 is 10.6 Å². The molecule has 98 valence electrons. The number of benzene rings is 1. The second-order valence-electron chi connectivity index (χ2n) is 4.88. The Labute approximate surface area is 109 Å². The van der Waals surface area contributed by atoms with Gasteiger partial charge in [-0.25, -0.2) is 0 Å². The van der Waals surface area contributed by atoms with E-state index in [1.807, 2.05) is 6.07 Å². The van der Waals surface area contributed by atoms with Crippen molar-refractivity contribution in [3.8, 4) is 0 Å². The fourth-order valence-electron chi connectivity index (χ4n) is 2.48. The largest absolute Gasteiger partial charge is 0.352 e. The van der Waals surface area contributed by atoms with Gasteiger partial charge in [0.25, 0.3) is 0 Å². The van der Waals surface area contributed by atoms with Crippen LogP contribution in [0.2, 0.25) is 0 Å². The van der Waals surface area contributed by atoms with E-state index in [0.29, 0.717) is 6.54 Å². The highest BCUT2D eigenvalue weighted by Gasteiger charge is 2.20. The summed E-state index contributed by atoms with van der Waals surface area (Å²) in [5.74, 6) is 0.334. The predicted octanol–water partition coefficient (Wildman–Crippen LogP) is 1.86. The normalized spacial score (nSPS) is 19.5. The molecule has 0 saturated carbocycles. The first kappa shape index (κ1) is 13.1. The van der Waals surface area contributed by atoms with E-state index in [0.717, 1.165) is 32.4 Å². The molecule has 1 aliphatic rings. The van der Waals surface area contributed by atoms with Crippen LogP contribution in [0.15, 0.2) is 24.3 Å². The maximum Gasteiger partial charge on any atom is 0.224 e. The second kappa shape index (κ2) is 6.55. The summed E-state index contributed by atoms with van der Waals surface area (Å²) in [5.41, 5.74) is 2.55. The van der Waals surface area contributed by atoms with Gasteiger partial charge >= 0.3 is 0 Å². The van der Waals surface area contributed by atoms with Crippen LogP contribution >= 0.6 is 0 Å². The SMILES string of the molecule is CCc1ccccc1CNC(=O)[C@H]1CCCNC1. The van der Waals surface area contributed by atoms with Crippen LogP contribution in [0.25, 0.3) is 0 Å². The van der Waals surface area contributed by atoms with Crippen molar-refractivity contribution < 1.29 is 4.79 Å². The van der Waals surface area contributed by atoms with Gasteiger partial charge in [0.05, 0.1) is 5.92 Å². The van der Waals surface area contributed by atoms with Crippen LogP contribution in [0.4, 0.5) is 0 Å². The molecule has 3 nitrogen and oxygen atoms in total. The number of carbonyl (C=O) groups is 1. The number of aryl methyl sites for hydroxylation is 1. The molecule has 3 heteroatoms. The summed E-state index contributed by atoms with van der Waals surface area (Å²) in [6, 6.07) is 8.31. The Balaban J connectivity index is 1.88. The minimum absolute atomic E-state index is 0.146. The Morgan fingerprint density at radius 2 is 2.17 bits per heavy atom. The third-order valence-corrected chi connectivity index (χ3v) is 3.62. The Kier molecular flexibility index (Phi) is 4.76. The highest BCUT2D eigenvalue weighted by atomic mass is 16.1. The van der Waals surface area contributed by atoms with E-state index in [2.05, 4.69) is 35.8 Å². The zero-order chi connectivity index (χ0) is 12.8. The first-order valence-corrected chi connectivity index (χ1v) is 6.86. The number of amides is 1. The lowest BCUT2D eigenvalue weighted by Crippen LogP contribution is -2.40. The Hall–Kier alpha value is -1.35. The van der Waals surface area contributed by atoms with Crippen molar-refractivity contribution in [1.29, 1.82) is 0 Å². The zero-order valence-electron chi connectivity index (χ0n) is 11.0. The van der Waals surface area contributed by atoms with Crippen LogP contribution in [0.5, 0.6) is 0 Å². The van der Waals surface area contributed by atoms with Crippen molar-refractivity contribution in [3.63, 3.8) is 0 Å². The van der Waals surface area contributed by atoms with Crippen LogP contribution in [0, 0.1) is 5.92 Å². The quantitative estimate of drug-likeness (QED) is 0.851.